The standard InChI is InChI=1S/C21H16ClF3N4/c1-12-13(2)29(17-8-4-6-15(22)10-17)20-18(12)19(26-11-27-20)28-16-7-3-5-14(9-16)21(23,24)25/h3-11H,1-2H3,(H,26,27,28). The van der Waals surface area contributed by atoms with E-state index in [2.05, 4.69) is 15.3 Å². The molecule has 0 unspecified atom stereocenters. The number of nitrogens with one attached hydrogen (secondary N) is 1. The van der Waals surface area contributed by atoms with Crippen molar-refractivity contribution in [3.05, 3.63) is 76.7 Å². The van der Waals surface area contributed by atoms with Gasteiger partial charge in [0.1, 0.15) is 12.1 Å². The molecule has 4 aromatic rings. The van der Waals surface area contributed by atoms with Crippen molar-refractivity contribution in [2.75, 3.05) is 5.32 Å². The number of fused-ring (bicyclic) bond motifs is 1. The maximum atomic E-state index is 13.0. The number of alkyl halides is 3. The van der Waals surface area contributed by atoms with Crippen LogP contribution < -0.4 is 5.32 Å². The monoisotopic (exact) mass is 416 g/mol. The van der Waals surface area contributed by atoms with Crippen LogP contribution in [0.3, 0.4) is 0 Å². The van der Waals surface area contributed by atoms with Gasteiger partial charge in [-0.1, -0.05) is 23.7 Å². The molecule has 29 heavy (non-hydrogen) atoms. The van der Waals surface area contributed by atoms with Gasteiger partial charge < -0.3 is 5.32 Å². The van der Waals surface area contributed by atoms with Crippen LogP contribution >= 0.6 is 11.6 Å². The summed E-state index contributed by atoms with van der Waals surface area (Å²) in [5, 5.41) is 4.35. The molecule has 0 atom stereocenters. The summed E-state index contributed by atoms with van der Waals surface area (Å²) >= 11 is 6.14. The molecule has 0 aliphatic carbocycles. The van der Waals surface area contributed by atoms with Crippen LogP contribution in [0.4, 0.5) is 24.7 Å². The van der Waals surface area contributed by atoms with Crippen LogP contribution in [-0.2, 0) is 6.18 Å². The van der Waals surface area contributed by atoms with Crippen LogP contribution in [0.25, 0.3) is 16.7 Å². The van der Waals surface area contributed by atoms with Crippen LogP contribution in [0.2, 0.25) is 5.02 Å². The number of hydrogen-bond acceptors (Lipinski definition) is 3. The van der Waals surface area contributed by atoms with Crippen molar-refractivity contribution in [1.82, 2.24) is 14.5 Å². The minimum absolute atomic E-state index is 0.299. The van der Waals surface area contributed by atoms with E-state index in [1.54, 1.807) is 12.1 Å². The van der Waals surface area contributed by atoms with Crippen molar-refractivity contribution < 1.29 is 13.2 Å². The predicted molar refractivity (Wildman–Crippen MR) is 108 cm³/mol. The van der Waals surface area contributed by atoms with Crippen LogP contribution in [0, 0.1) is 13.8 Å². The fourth-order valence-corrected chi connectivity index (χ4v) is 3.52. The summed E-state index contributed by atoms with van der Waals surface area (Å²) in [5.41, 5.74) is 2.93. The molecule has 2 heterocycles. The zero-order chi connectivity index (χ0) is 20.8. The molecule has 0 aliphatic heterocycles. The highest BCUT2D eigenvalue weighted by atomic mass is 35.5. The van der Waals surface area contributed by atoms with Crippen molar-refractivity contribution in [1.29, 1.82) is 0 Å². The van der Waals surface area contributed by atoms with Gasteiger partial charge in [-0.2, -0.15) is 13.2 Å². The third kappa shape index (κ3) is 3.53. The SMILES string of the molecule is Cc1c(C)n(-c2cccc(Cl)c2)c2ncnc(Nc3cccc(C(F)(F)F)c3)c12. The Morgan fingerprint density at radius 1 is 1.00 bits per heavy atom. The topological polar surface area (TPSA) is 42.7 Å². The Bertz CT molecular complexity index is 1210. The number of benzene rings is 2. The van der Waals surface area contributed by atoms with E-state index in [-0.39, 0.29) is 0 Å². The molecule has 0 fully saturated rings. The lowest BCUT2D eigenvalue weighted by Gasteiger charge is -2.11. The van der Waals surface area contributed by atoms with Gasteiger partial charge in [0.15, 0.2) is 5.65 Å². The quantitative estimate of drug-likeness (QED) is 0.417. The molecule has 2 aromatic carbocycles. The van der Waals surface area contributed by atoms with Gasteiger partial charge in [0.05, 0.1) is 10.9 Å². The van der Waals surface area contributed by atoms with Crippen LogP contribution in [-0.4, -0.2) is 14.5 Å². The first kappa shape index (κ1) is 19.3. The molecule has 4 nitrogen and oxygen atoms in total. The lowest BCUT2D eigenvalue weighted by Crippen LogP contribution is -2.05. The van der Waals surface area contributed by atoms with Gasteiger partial charge in [-0.3, -0.25) is 4.57 Å². The summed E-state index contributed by atoms with van der Waals surface area (Å²) < 4.78 is 41.1. The van der Waals surface area contributed by atoms with Crippen LogP contribution in [0.1, 0.15) is 16.8 Å². The molecule has 0 spiro atoms. The number of rotatable bonds is 3. The molecule has 4 rings (SSSR count). The highest BCUT2D eigenvalue weighted by Gasteiger charge is 2.30. The fourth-order valence-electron chi connectivity index (χ4n) is 3.33. The molecule has 0 saturated heterocycles. The van der Waals surface area contributed by atoms with Gasteiger partial charge >= 0.3 is 6.18 Å². The lowest BCUT2D eigenvalue weighted by molar-refractivity contribution is -0.137. The summed E-state index contributed by atoms with van der Waals surface area (Å²) in [4.78, 5) is 8.69. The van der Waals surface area contributed by atoms with E-state index >= 15 is 0 Å². The minimum Gasteiger partial charge on any atom is -0.340 e. The lowest BCUT2D eigenvalue weighted by atomic mass is 10.2. The van der Waals surface area contributed by atoms with Gasteiger partial charge in [-0.15, -0.1) is 0 Å². The molecule has 1 N–H and O–H groups in total. The Hall–Kier alpha value is -3.06. The maximum absolute atomic E-state index is 13.0. The Morgan fingerprint density at radius 3 is 2.48 bits per heavy atom. The number of hydrogen-bond donors (Lipinski definition) is 1. The zero-order valence-corrected chi connectivity index (χ0v) is 16.3. The highest BCUT2D eigenvalue weighted by Crippen LogP contribution is 2.35. The zero-order valence-electron chi connectivity index (χ0n) is 15.5. The summed E-state index contributed by atoms with van der Waals surface area (Å²) in [6, 6.07) is 12.4. The van der Waals surface area contributed by atoms with E-state index in [1.807, 2.05) is 36.6 Å². The first-order valence-electron chi connectivity index (χ1n) is 8.78. The third-order valence-electron chi connectivity index (χ3n) is 4.81. The summed E-state index contributed by atoms with van der Waals surface area (Å²) in [5.74, 6) is 0.440. The van der Waals surface area contributed by atoms with Crippen molar-refractivity contribution in [3.8, 4) is 5.69 Å². The van der Waals surface area contributed by atoms with Crippen LogP contribution in [0.15, 0.2) is 54.9 Å². The van der Waals surface area contributed by atoms with Gasteiger partial charge in [-0.25, -0.2) is 9.97 Å². The molecule has 0 saturated carbocycles. The van der Waals surface area contributed by atoms with E-state index in [0.29, 0.717) is 22.2 Å². The Kier molecular flexibility index (Phi) is 4.70. The smallest absolute Gasteiger partial charge is 0.340 e. The Labute approximate surface area is 170 Å². The van der Waals surface area contributed by atoms with E-state index in [9.17, 15) is 13.2 Å². The fraction of sp³-hybridized carbons (Fsp3) is 0.143. The van der Waals surface area contributed by atoms with Gasteiger partial charge in [0.25, 0.3) is 0 Å². The van der Waals surface area contributed by atoms with E-state index in [0.717, 1.165) is 34.5 Å². The second-order valence-corrected chi connectivity index (χ2v) is 7.09. The average molecular weight is 417 g/mol. The Balaban J connectivity index is 1.85. The molecular formula is C21H16ClF3N4. The second-order valence-electron chi connectivity index (χ2n) is 6.65. The number of anilines is 2. The summed E-state index contributed by atoms with van der Waals surface area (Å²) in [7, 11) is 0. The van der Waals surface area contributed by atoms with E-state index in [1.165, 1.54) is 12.4 Å². The van der Waals surface area contributed by atoms with Gasteiger partial charge in [0.2, 0.25) is 0 Å². The highest BCUT2D eigenvalue weighted by molar-refractivity contribution is 6.30. The largest absolute Gasteiger partial charge is 0.416 e. The van der Waals surface area contributed by atoms with Crippen molar-refractivity contribution in [2.45, 2.75) is 20.0 Å². The number of aryl methyl sites for hydroxylation is 1. The molecule has 2 aromatic heterocycles. The first-order valence-corrected chi connectivity index (χ1v) is 9.16. The molecule has 0 amide bonds. The van der Waals surface area contributed by atoms with Gasteiger partial charge in [-0.05, 0) is 55.8 Å². The third-order valence-corrected chi connectivity index (χ3v) is 5.05. The van der Waals surface area contributed by atoms with Crippen LogP contribution in [0.5, 0.6) is 0 Å². The molecular weight excluding hydrogens is 401 g/mol. The Morgan fingerprint density at radius 2 is 1.76 bits per heavy atom. The van der Waals surface area contributed by atoms with Gasteiger partial charge in [0, 0.05) is 22.1 Å². The predicted octanol–water partition coefficient (Wildman–Crippen LogP) is 6.45. The van der Waals surface area contributed by atoms with Crippen molar-refractivity contribution in [3.63, 3.8) is 0 Å². The number of aromatic nitrogens is 3. The number of nitrogens with zero attached hydrogens (tertiary/aromatic N) is 3. The molecule has 0 aliphatic rings. The first-order chi connectivity index (χ1) is 13.8. The molecule has 8 heteroatoms. The summed E-state index contributed by atoms with van der Waals surface area (Å²) in [6.07, 6.45) is -3.03. The molecule has 148 valence electrons. The number of halogens is 4. The van der Waals surface area contributed by atoms with Crippen molar-refractivity contribution >= 4 is 34.1 Å². The normalized spacial score (nSPS) is 11.8. The molecule has 0 radical (unpaired) electrons. The van der Waals surface area contributed by atoms with Crippen molar-refractivity contribution in [2.24, 2.45) is 0 Å². The van der Waals surface area contributed by atoms with E-state index < -0.39 is 11.7 Å². The average Bonchev–Trinajstić information content (AvgIpc) is 2.93. The maximum Gasteiger partial charge on any atom is 0.416 e. The molecule has 0 bridgehead atoms. The van der Waals surface area contributed by atoms with E-state index in [4.69, 9.17) is 11.6 Å². The summed E-state index contributed by atoms with van der Waals surface area (Å²) in [6.45, 7) is 3.88. The second kappa shape index (κ2) is 7.08. The minimum atomic E-state index is -4.42.